The molecule has 4 nitrogen and oxygen atoms in total. The molecule has 0 amide bonds. The smallest absolute Gasteiger partial charge is 0.336 e. The van der Waals surface area contributed by atoms with E-state index in [1.165, 1.54) is 20.8 Å². The van der Waals surface area contributed by atoms with Crippen molar-refractivity contribution in [3.8, 4) is 0 Å². The Bertz CT molecular complexity index is 240. The van der Waals surface area contributed by atoms with Gasteiger partial charge in [0.25, 0.3) is 0 Å². The maximum absolute atomic E-state index is 11.6. The Balaban J connectivity index is 4.44. The summed E-state index contributed by atoms with van der Waals surface area (Å²) >= 11 is 0. The zero-order valence-corrected chi connectivity index (χ0v) is 10.6. The SMILES string of the molecule is CC(=O)OC(C)(C)C(=O)O[Si](C)(C)C. The monoisotopic (exact) mass is 218 g/mol. The summed E-state index contributed by atoms with van der Waals surface area (Å²) in [4.78, 5) is 22.3. The van der Waals surface area contributed by atoms with Gasteiger partial charge in [-0.1, -0.05) is 0 Å². The molecule has 0 heterocycles. The molecule has 0 unspecified atom stereocenters. The van der Waals surface area contributed by atoms with Crippen LogP contribution in [-0.2, 0) is 18.8 Å². The van der Waals surface area contributed by atoms with E-state index in [-0.39, 0.29) is 0 Å². The number of carbonyl (C=O) groups is 2. The van der Waals surface area contributed by atoms with Crippen LogP contribution < -0.4 is 0 Å². The van der Waals surface area contributed by atoms with Crippen molar-refractivity contribution in [1.82, 2.24) is 0 Å². The molecule has 0 aromatic heterocycles. The van der Waals surface area contributed by atoms with Crippen LogP contribution in [0, 0.1) is 0 Å². The Morgan fingerprint density at radius 2 is 1.57 bits per heavy atom. The lowest BCUT2D eigenvalue weighted by molar-refractivity contribution is -0.171. The molecule has 0 bridgehead atoms. The van der Waals surface area contributed by atoms with E-state index in [1.54, 1.807) is 0 Å². The average molecular weight is 218 g/mol. The number of esters is 1. The Kier molecular flexibility index (Phi) is 3.88. The Morgan fingerprint density at radius 1 is 1.14 bits per heavy atom. The summed E-state index contributed by atoms with van der Waals surface area (Å²) in [5.41, 5.74) is -1.19. The van der Waals surface area contributed by atoms with E-state index in [0.29, 0.717) is 0 Å². The lowest BCUT2D eigenvalue weighted by Crippen LogP contribution is -2.43. The van der Waals surface area contributed by atoms with Gasteiger partial charge < -0.3 is 9.16 Å². The largest absolute Gasteiger partial charge is 0.517 e. The van der Waals surface area contributed by atoms with E-state index in [1.807, 2.05) is 19.6 Å². The van der Waals surface area contributed by atoms with Crippen molar-refractivity contribution in [2.75, 3.05) is 0 Å². The van der Waals surface area contributed by atoms with Gasteiger partial charge >= 0.3 is 11.9 Å². The third kappa shape index (κ3) is 5.01. The Labute approximate surface area is 85.7 Å². The molecule has 0 saturated heterocycles. The molecule has 0 fully saturated rings. The molecule has 5 heteroatoms. The predicted molar refractivity (Wildman–Crippen MR) is 55.3 cm³/mol. The highest BCUT2D eigenvalue weighted by Gasteiger charge is 2.35. The maximum atomic E-state index is 11.6. The van der Waals surface area contributed by atoms with E-state index < -0.39 is 25.9 Å². The summed E-state index contributed by atoms with van der Waals surface area (Å²) in [6.45, 7) is 10.0. The third-order valence-corrected chi connectivity index (χ3v) is 2.09. The van der Waals surface area contributed by atoms with E-state index in [2.05, 4.69) is 0 Å². The second-order valence-electron chi connectivity index (χ2n) is 4.61. The average Bonchev–Trinajstić information content (AvgIpc) is 1.79. The minimum atomic E-state index is -1.92. The third-order valence-electron chi connectivity index (χ3n) is 1.29. The van der Waals surface area contributed by atoms with Crippen LogP contribution in [0.4, 0.5) is 0 Å². The van der Waals surface area contributed by atoms with Gasteiger partial charge in [-0.15, -0.1) is 0 Å². The molecule has 0 rings (SSSR count). The topological polar surface area (TPSA) is 52.6 Å². The number of carbonyl (C=O) groups excluding carboxylic acids is 2. The fourth-order valence-corrected chi connectivity index (χ4v) is 1.60. The number of rotatable bonds is 3. The van der Waals surface area contributed by atoms with Crippen molar-refractivity contribution in [2.45, 2.75) is 46.0 Å². The van der Waals surface area contributed by atoms with E-state index in [4.69, 9.17) is 9.16 Å². The molecule has 0 N–H and O–H groups in total. The molecule has 0 aliphatic heterocycles. The maximum Gasteiger partial charge on any atom is 0.336 e. The van der Waals surface area contributed by atoms with Crippen LogP contribution in [0.3, 0.4) is 0 Å². The van der Waals surface area contributed by atoms with Gasteiger partial charge in [-0.05, 0) is 33.5 Å². The number of ether oxygens (including phenoxy) is 1. The molecule has 0 aliphatic carbocycles. The van der Waals surface area contributed by atoms with Crippen molar-refractivity contribution in [3.63, 3.8) is 0 Å². The molecule has 0 radical (unpaired) electrons. The van der Waals surface area contributed by atoms with Gasteiger partial charge in [0.2, 0.25) is 13.9 Å². The van der Waals surface area contributed by atoms with Gasteiger partial charge in [-0.25, -0.2) is 4.79 Å². The first kappa shape index (κ1) is 13.2. The summed E-state index contributed by atoms with van der Waals surface area (Å²) < 4.78 is 10.1. The summed E-state index contributed by atoms with van der Waals surface area (Å²) in [7, 11) is -1.92. The van der Waals surface area contributed by atoms with Crippen molar-refractivity contribution in [1.29, 1.82) is 0 Å². The normalized spacial score (nSPS) is 12.1. The number of hydrogen-bond acceptors (Lipinski definition) is 4. The second kappa shape index (κ2) is 4.12. The standard InChI is InChI=1S/C9H18O4Si/c1-7(10)12-9(2,3)8(11)13-14(4,5)6/h1-6H3. The van der Waals surface area contributed by atoms with Crippen LogP contribution in [0.25, 0.3) is 0 Å². The molecule has 14 heavy (non-hydrogen) atoms. The quantitative estimate of drug-likeness (QED) is 0.534. The van der Waals surface area contributed by atoms with Crippen LogP contribution in [0.5, 0.6) is 0 Å². The summed E-state index contributed by atoms with van der Waals surface area (Å²) in [6.07, 6.45) is 0. The summed E-state index contributed by atoms with van der Waals surface area (Å²) in [5, 5.41) is 0. The lowest BCUT2D eigenvalue weighted by atomic mass is 10.1. The molecule has 0 aromatic rings. The summed E-state index contributed by atoms with van der Waals surface area (Å²) in [5.74, 6) is -0.964. The minimum absolute atomic E-state index is 0.480. The van der Waals surface area contributed by atoms with Crippen molar-refractivity contribution in [2.24, 2.45) is 0 Å². The van der Waals surface area contributed by atoms with Gasteiger partial charge in [0.15, 0.2) is 0 Å². The highest BCUT2D eigenvalue weighted by Crippen LogP contribution is 2.15. The van der Waals surface area contributed by atoms with Crippen LogP contribution in [0.1, 0.15) is 20.8 Å². The molecule has 0 saturated carbocycles. The molecule has 0 aromatic carbocycles. The molecular formula is C9H18O4Si. The van der Waals surface area contributed by atoms with Crippen LogP contribution in [0.2, 0.25) is 19.6 Å². The van der Waals surface area contributed by atoms with Crippen molar-refractivity contribution >= 4 is 20.3 Å². The first-order valence-electron chi connectivity index (χ1n) is 4.47. The molecule has 0 spiro atoms. The van der Waals surface area contributed by atoms with Gasteiger partial charge in [0.05, 0.1) is 0 Å². The first-order chi connectivity index (χ1) is 6.04. The molecule has 82 valence electrons. The van der Waals surface area contributed by atoms with Gasteiger partial charge in [0.1, 0.15) is 0 Å². The van der Waals surface area contributed by atoms with Gasteiger partial charge in [-0.2, -0.15) is 0 Å². The first-order valence-corrected chi connectivity index (χ1v) is 7.88. The van der Waals surface area contributed by atoms with Crippen LogP contribution >= 0.6 is 0 Å². The molecule has 0 aliphatic rings. The van der Waals surface area contributed by atoms with Crippen LogP contribution in [-0.4, -0.2) is 25.9 Å². The van der Waals surface area contributed by atoms with Gasteiger partial charge in [-0.3, -0.25) is 4.79 Å². The Hall–Kier alpha value is -0.843. The van der Waals surface area contributed by atoms with E-state index in [0.717, 1.165) is 0 Å². The minimum Gasteiger partial charge on any atom is -0.517 e. The zero-order chi connectivity index (χ0) is 11.6. The van der Waals surface area contributed by atoms with Crippen LogP contribution in [0.15, 0.2) is 0 Å². The number of hydrogen-bond donors (Lipinski definition) is 0. The highest BCUT2D eigenvalue weighted by atomic mass is 28.4. The lowest BCUT2D eigenvalue weighted by Gasteiger charge is -2.27. The van der Waals surface area contributed by atoms with E-state index >= 15 is 0 Å². The predicted octanol–water partition coefficient (Wildman–Crippen LogP) is 1.71. The van der Waals surface area contributed by atoms with Crippen molar-refractivity contribution < 1.29 is 18.8 Å². The van der Waals surface area contributed by atoms with Gasteiger partial charge in [0, 0.05) is 6.92 Å². The fourth-order valence-electron chi connectivity index (χ4n) is 0.802. The molecular weight excluding hydrogens is 200 g/mol. The fraction of sp³-hybridized carbons (Fsp3) is 0.778. The van der Waals surface area contributed by atoms with E-state index in [9.17, 15) is 9.59 Å². The highest BCUT2D eigenvalue weighted by molar-refractivity contribution is 6.71. The van der Waals surface area contributed by atoms with Crippen molar-refractivity contribution in [3.05, 3.63) is 0 Å². The zero-order valence-electron chi connectivity index (χ0n) is 9.63. The Morgan fingerprint density at radius 3 is 1.86 bits per heavy atom. The molecule has 0 atom stereocenters. The summed E-state index contributed by atoms with van der Waals surface area (Å²) in [6, 6.07) is 0. The second-order valence-corrected chi connectivity index (χ2v) is 9.03.